The first kappa shape index (κ1) is 14.9. The molecule has 0 atom stereocenters. The van der Waals surface area contributed by atoms with Gasteiger partial charge in [-0.05, 0) is 61.1 Å². The number of nitrogens with one attached hydrogen (secondary N) is 1. The van der Waals surface area contributed by atoms with Crippen molar-refractivity contribution in [2.75, 3.05) is 5.32 Å². The SMILES string of the molecule is N#Cc1cccc(Nc2nc(-c3ccc4c(c3)CCCC4)cs2)c1. The molecule has 4 heteroatoms. The van der Waals surface area contributed by atoms with Crippen LogP contribution in [0.5, 0.6) is 0 Å². The fourth-order valence-electron chi connectivity index (χ4n) is 3.15. The summed E-state index contributed by atoms with van der Waals surface area (Å²) in [6.45, 7) is 0. The second kappa shape index (κ2) is 6.46. The Labute approximate surface area is 145 Å². The number of benzene rings is 2. The Morgan fingerprint density at radius 3 is 2.79 bits per heavy atom. The minimum Gasteiger partial charge on any atom is -0.331 e. The summed E-state index contributed by atoms with van der Waals surface area (Å²) in [5.41, 5.74) is 6.69. The molecule has 1 aromatic heterocycles. The van der Waals surface area contributed by atoms with Crippen LogP contribution in [0.4, 0.5) is 10.8 Å². The van der Waals surface area contributed by atoms with Gasteiger partial charge in [-0.2, -0.15) is 5.26 Å². The molecule has 4 rings (SSSR count). The summed E-state index contributed by atoms with van der Waals surface area (Å²) < 4.78 is 0. The van der Waals surface area contributed by atoms with Crippen LogP contribution >= 0.6 is 11.3 Å². The van der Waals surface area contributed by atoms with E-state index in [1.54, 1.807) is 17.4 Å². The number of aryl methyl sites for hydroxylation is 2. The average Bonchev–Trinajstić information content (AvgIpc) is 3.10. The minimum atomic E-state index is 0.645. The van der Waals surface area contributed by atoms with E-state index in [9.17, 15) is 0 Å². The summed E-state index contributed by atoms with van der Waals surface area (Å²) in [4.78, 5) is 4.70. The van der Waals surface area contributed by atoms with Gasteiger partial charge in [0.2, 0.25) is 0 Å². The molecule has 0 radical (unpaired) electrons. The van der Waals surface area contributed by atoms with Crippen LogP contribution in [0.3, 0.4) is 0 Å². The molecule has 0 spiro atoms. The summed E-state index contributed by atoms with van der Waals surface area (Å²) in [6, 6.07) is 16.3. The van der Waals surface area contributed by atoms with Crippen LogP contribution in [0.25, 0.3) is 11.3 Å². The highest BCUT2D eigenvalue weighted by Crippen LogP contribution is 2.30. The highest BCUT2D eigenvalue weighted by atomic mass is 32.1. The number of nitrogens with zero attached hydrogens (tertiary/aromatic N) is 2. The van der Waals surface area contributed by atoms with E-state index in [2.05, 4.69) is 35.0 Å². The minimum absolute atomic E-state index is 0.645. The molecule has 0 saturated carbocycles. The van der Waals surface area contributed by atoms with E-state index in [1.807, 2.05) is 18.2 Å². The summed E-state index contributed by atoms with van der Waals surface area (Å²) in [5.74, 6) is 0. The number of hydrogen-bond donors (Lipinski definition) is 1. The normalized spacial score (nSPS) is 13.1. The van der Waals surface area contributed by atoms with Gasteiger partial charge in [-0.1, -0.05) is 18.2 Å². The van der Waals surface area contributed by atoms with Crippen molar-refractivity contribution < 1.29 is 0 Å². The maximum absolute atomic E-state index is 8.99. The molecule has 24 heavy (non-hydrogen) atoms. The lowest BCUT2D eigenvalue weighted by Gasteiger charge is -2.16. The third-order valence-electron chi connectivity index (χ3n) is 4.39. The molecule has 0 fully saturated rings. The van der Waals surface area contributed by atoms with Crippen molar-refractivity contribution in [3.05, 3.63) is 64.5 Å². The average molecular weight is 331 g/mol. The quantitative estimate of drug-likeness (QED) is 0.708. The highest BCUT2D eigenvalue weighted by Gasteiger charge is 2.12. The molecule has 1 aliphatic carbocycles. The maximum atomic E-state index is 8.99. The summed E-state index contributed by atoms with van der Waals surface area (Å²) in [7, 11) is 0. The number of thiazole rings is 1. The maximum Gasteiger partial charge on any atom is 0.187 e. The lowest BCUT2D eigenvalue weighted by atomic mass is 9.90. The Morgan fingerprint density at radius 1 is 1.04 bits per heavy atom. The predicted octanol–water partition coefficient (Wildman–Crippen LogP) is 5.30. The smallest absolute Gasteiger partial charge is 0.187 e. The molecular formula is C20H17N3S. The molecule has 0 aliphatic heterocycles. The third kappa shape index (κ3) is 3.04. The molecule has 2 aromatic carbocycles. The number of aromatic nitrogens is 1. The monoisotopic (exact) mass is 331 g/mol. The van der Waals surface area contributed by atoms with Gasteiger partial charge in [-0.3, -0.25) is 0 Å². The topological polar surface area (TPSA) is 48.7 Å². The van der Waals surface area contributed by atoms with Crippen molar-refractivity contribution in [2.45, 2.75) is 25.7 Å². The molecule has 0 bridgehead atoms. The van der Waals surface area contributed by atoms with Gasteiger partial charge in [0.25, 0.3) is 0 Å². The molecular weight excluding hydrogens is 314 g/mol. The number of fused-ring (bicyclic) bond motifs is 1. The standard InChI is InChI=1S/C20H17N3S/c21-12-14-4-3-7-18(10-14)22-20-23-19(13-24-20)17-9-8-15-5-1-2-6-16(15)11-17/h3-4,7-11,13H,1-2,5-6H2,(H,22,23). The Hall–Kier alpha value is -2.64. The van der Waals surface area contributed by atoms with Crippen molar-refractivity contribution in [1.29, 1.82) is 5.26 Å². The van der Waals surface area contributed by atoms with E-state index < -0.39 is 0 Å². The summed E-state index contributed by atoms with van der Waals surface area (Å²) >= 11 is 1.58. The number of anilines is 2. The first-order valence-corrected chi connectivity index (χ1v) is 9.05. The fourth-order valence-corrected chi connectivity index (χ4v) is 3.89. The summed E-state index contributed by atoms with van der Waals surface area (Å²) in [5, 5.41) is 15.2. The van der Waals surface area contributed by atoms with E-state index in [0.717, 1.165) is 16.5 Å². The van der Waals surface area contributed by atoms with E-state index in [0.29, 0.717) is 5.56 Å². The van der Waals surface area contributed by atoms with Gasteiger partial charge < -0.3 is 5.32 Å². The van der Waals surface area contributed by atoms with Crippen LogP contribution in [0.1, 0.15) is 29.5 Å². The van der Waals surface area contributed by atoms with Crippen LogP contribution in [0.2, 0.25) is 0 Å². The first-order chi connectivity index (χ1) is 11.8. The third-order valence-corrected chi connectivity index (χ3v) is 5.15. The van der Waals surface area contributed by atoms with Gasteiger partial charge >= 0.3 is 0 Å². The molecule has 0 amide bonds. The van der Waals surface area contributed by atoms with Crippen molar-refractivity contribution in [3.8, 4) is 17.3 Å². The Kier molecular flexibility index (Phi) is 4.02. The van der Waals surface area contributed by atoms with Crippen molar-refractivity contribution in [2.24, 2.45) is 0 Å². The molecule has 1 aliphatic rings. The van der Waals surface area contributed by atoms with Gasteiger partial charge in [-0.25, -0.2) is 4.98 Å². The number of hydrogen-bond acceptors (Lipinski definition) is 4. The zero-order valence-corrected chi connectivity index (χ0v) is 14.1. The molecule has 1 heterocycles. The fraction of sp³-hybridized carbons (Fsp3) is 0.200. The largest absolute Gasteiger partial charge is 0.331 e. The van der Waals surface area contributed by atoms with Crippen molar-refractivity contribution in [1.82, 2.24) is 4.98 Å². The second-order valence-electron chi connectivity index (χ2n) is 6.05. The Bertz CT molecular complexity index is 921. The van der Waals surface area contributed by atoms with Gasteiger partial charge in [0, 0.05) is 16.6 Å². The molecule has 1 N–H and O–H groups in total. The predicted molar refractivity (Wildman–Crippen MR) is 98.6 cm³/mol. The molecule has 118 valence electrons. The Balaban J connectivity index is 1.57. The van der Waals surface area contributed by atoms with E-state index in [-0.39, 0.29) is 0 Å². The second-order valence-corrected chi connectivity index (χ2v) is 6.90. The first-order valence-electron chi connectivity index (χ1n) is 8.17. The molecule has 3 aromatic rings. The zero-order chi connectivity index (χ0) is 16.4. The highest BCUT2D eigenvalue weighted by molar-refractivity contribution is 7.14. The van der Waals surface area contributed by atoms with Crippen LogP contribution in [-0.4, -0.2) is 4.98 Å². The van der Waals surface area contributed by atoms with Crippen LogP contribution < -0.4 is 5.32 Å². The molecule has 0 unspecified atom stereocenters. The zero-order valence-electron chi connectivity index (χ0n) is 13.2. The van der Waals surface area contributed by atoms with Gasteiger partial charge in [0.05, 0.1) is 17.3 Å². The number of nitriles is 1. The van der Waals surface area contributed by atoms with Gasteiger partial charge in [-0.15, -0.1) is 11.3 Å². The van der Waals surface area contributed by atoms with Crippen molar-refractivity contribution >= 4 is 22.2 Å². The lowest BCUT2D eigenvalue weighted by Crippen LogP contribution is -2.02. The van der Waals surface area contributed by atoms with E-state index in [4.69, 9.17) is 10.2 Å². The van der Waals surface area contributed by atoms with E-state index >= 15 is 0 Å². The van der Waals surface area contributed by atoms with Crippen molar-refractivity contribution in [3.63, 3.8) is 0 Å². The summed E-state index contributed by atoms with van der Waals surface area (Å²) in [6.07, 6.45) is 4.97. The van der Waals surface area contributed by atoms with E-state index in [1.165, 1.54) is 42.4 Å². The van der Waals surface area contributed by atoms with Crippen LogP contribution in [0, 0.1) is 11.3 Å². The van der Waals surface area contributed by atoms with Gasteiger partial charge in [0.15, 0.2) is 5.13 Å². The lowest BCUT2D eigenvalue weighted by molar-refractivity contribution is 0.686. The molecule has 3 nitrogen and oxygen atoms in total. The molecule has 0 saturated heterocycles. The Morgan fingerprint density at radius 2 is 1.92 bits per heavy atom. The van der Waals surface area contributed by atoms with Gasteiger partial charge in [0.1, 0.15) is 0 Å². The number of rotatable bonds is 3. The van der Waals surface area contributed by atoms with Crippen LogP contribution in [0.15, 0.2) is 47.8 Å². The van der Waals surface area contributed by atoms with Crippen LogP contribution in [-0.2, 0) is 12.8 Å².